The van der Waals surface area contributed by atoms with E-state index in [9.17, 15) is 9.90 Å². The summed E-state index contributed by atoms with van der Waals surface area (Å²) < 4.78 is 0. The van der Waals surface area contributed by atoms with Gasteiger partial charge in [-0.3, -0.25) is 9.69 Å². The van der Waals surface area contributed by atoms with Crippen molar-refractivity contribution in [2.24, 2.45) is 0 Å². The van der Waals surface area contributed by atoms with Gasteiger partial charge in [-0.25, -0.2) is 0 Å². The quantitative estimate of drug-likeness (QED) is 0.760. The predicted molar refractivity (Wildman–Crippen MR) is 84.7 cm³/mol. The lowest BCUT2D eigenvalue weighted by molar-refractivity contribution is 0.0952. The molecule has 1 aromatic rings. The molecule has 0 saturated carbocycles. The standard InChI is InChI=1S/C16H23ClN2O2/c17-14-6-3-5-13(11-14)16(21)18-8-1-2-9-19-10-4-7-15(19)12-20/h3,5-6,11,15,20H,1-2,4,7-10,12H2,(H,18,21). The maximum Gasteiger partial charge on any atom is 0.251 e. The van der Waals surface area contributed by atoms with Crippen LogP contribution in [0, 0.1) is 0 Å². The number of carbonyl (C=O) groups is 1. The minimum Gasteiger partial charge on any atom is -0.395 e. The lowest BCUT2D eigenvalue weighted by Crippen LogP contribution is -2.33. The van der Waals surface area contributed by atoms with Gasteiger partial charge in [0.1, 0.15) is 0 Å². The van der Waals surface area contributed by atoms with Crippen LogP contribution in [0.25, 0.3) is 0 Å². The van der Waals surface area contributed by atoms with Crippen molar-refractivity contribution in [2.45, 2.75) is 31.7 Å². The first-order valence-electron chi connectivity index (χ1n) is 7.59. The minimum atomic E-state index is -0.0769. The van der Waals surface area contributed by atoms with Crippen molar-refractivity contribution in [3.63, 3.8) is 0 Å². The predicted octanol–water partition coefficient (Wildman–Crippen LogP) is 2.31. The first-order chi connectivity index (χ1) is 10.2. The van der Waals surface area contributed by atoms with Crippen LogP contribution in [0.15, 0.2) is 24.3 Å². The zero-order valence-corrected chi connectivity index (χ0v) is 13.0. The number of nitrogens with one attached hydrogen (secondary N) is 1. The van der Waals surface area contributed by atoms with Crippen LogP contribution in [0.5, 0.6) is 0 Å². The molecule has 116 valence electrons. The Morgan fingerprint density at radius 3 is 3.05 bits per heavy atom. The second-order valence-corrected chi connectivity index (χ2v) is 5.92. The fraction of sp³-hybridized carbons (Fsp3) is 0.562. The molecule has 0 radical (unpaired) electrons. The van der Waals surface area contributed by atoms with Crippen molar-refractivity contribution < 1.29 is 9.90 Å². The molecular weight excluding hydrogens is 288 g/mol. The third kappa shape index (κ3) is 4.99. The molecule has 1 fully saturated rings. The molecule has 1 aromatic carbocycles. The Bertz CT molecular complexity index is 467. The highest BCUT2D eigenvalue weighted by Crippen LogP contribution is 2.16. The molecule has 1 atom stereocenters. The Morgan fingerprint density at radius 1 is 1.43 bits per heavy atom. The Kier molecular flexibility index (Phi) is 6.49. The van der Waals surface area contributed by atoms with Gasteiger partial charge in [-0.05, 0) is 57.0 Å². The number of nitrogens with zero attached hydrogens (tertiary/aromatic N) is 1. The SMILES string of the molecule is O=C(NCCCCN1CCCC1CO)c1cccc(Cl)c1. The molecule has 1 aliphatic heterocycles. The third-order valence-corrected chi connectivity index (χ3v) is 4.19. The maximum absolute atomic E-state index is 11.9. The third-order valence-electron chi connectivity index (χ3n) is 3.95. The van der Waals surface area contributed by atoms with Crippen LogP contribution in [0.2, 0.25) is 5.02 Å². The van der Waals surface area contributed by atoms with E-state index in [1.54, 1.807) is 24.3 Å². The molecule has 2 rings (SSSR count). The summed E-state index contributed by atoms with van der Waals surface area (Å²) >= 11 is 5.87. The van der Waals surface area contributed by atoms with Gasteiger partial charge < -0.3 is 10.4 Å². The van der Waals surface area contributed by atoms with Crippen molar-refractivity contribution >= 4 is 17.5 Å². The van der Waals surface area contributed by atoms with Crippen LogP contribution in [-0.2, 0) is 0 Å². The van der Waals surface area contributed by atoms with Gasteiger partial charge in [-0.15, -0.1) is 0 Å². The summed E-state index contributed by atoms with van der Waals surface area (Å²) in [5, 5.41) is 12.7. The molecule has 4 nitrogen and oxygen atoms in total. The number of amides is 1. The summed E-state index contributed by atoms with van der Waals surface area (Å²) in [5.74, 6) is -0.0769. The lowest BCUT2D eigenvalue weighted by atomic mass is 10.2. The molecule has 21 heavy (non-hydrogen) atoms. The summed E-state index contributed by atoms with van der Waals surface area (Å²) in [6.07, 6.45) is 4.26. The number of benzene rings is 1. The molecule has 1 unspecified atom stereocenters. The smallest absolute Gasteiger partial charge is 0.251 e. The van der Waals surface area contributed by atoms with Crippen molar-refractivity contribution in [2.75, 3.05) is 26.2 Å². The fourth-order valence-electron chi connectivity index (χ4n) is 2.77. The average Bonchev–Trinajstić information content (AvgIpc) is 2.94. The second-order valence-electron chi connectivity index (χ2n) is 5.49. The normalized spacial score (nSPS) is 18.9. The van der Waals surface area contributed by atoms with Crippen LogP contribution in [0.3, 0.4) is 0 Å². The van der Waals surface area contributed by atoms with Crippen LogP contribution in [-0.4, -0.2) is 48.2 Å². The minimum absolute atomic E-state index is 0.0769. The van der Waals surface area contributed by atoms with E-state index >= 15 is 0 Å². The molecule has 1 saturated heterocycles. The first kappa shape index (κ1) is 16.3. The number of rotatable bonds is 7. The maximum atomic E-state index is 11.9. The molecule has 1 amide bonds. The highest BCUT2D eigenvalue weighted by molar-refractivity contribution is 6.30. The summed E-state index contributed by atoms with van der Waals surface area (Å²) in [6.45, 7) is 3.01. The van der Waals surface area contributed by atoms with E-state index < -0.39 is 0 Å². The van der Waals surface area contributed by atoms with E-state index in [0.29, 0.717) is 23.2 Å². The average molecular weight is 311 g/mol. The molecule has 1 heterocycles. The zero-order valence-electron chi connectivity index (χ0n) is 12.2. The molecular formula is C16H23ClN2O2. The zero-order chi connectivity index (χ0) is 15.1. The van der Waals surface area contributed by atoms with E-state index in [-0.39, 0.29) is 12.5 Å². The van der Waals surface area contributed by atoms with Crippen molar-refractivity contribution in [1.29, 1.82) is 0 Å². The Hall–Kier alpha value is -1.10. The van der Waals surface area contributed by atoms with E-state index in [4.69, 9.17) is 11.6 Å². The number of halogens is 1. The molecule has 0 aromatic heterocycles. The number of unbranched alkanes of at least 4 members (excludes halogenated alkanes) is 1. The van der Waals surface area contributed by atoms with Gasteiger partial charge in [0.2, 0.25) is 0 Å². The van der Waals surface area contributed by atoms with Gasteiger partial charge in [0.05, 0.1) is 6.61 Å². The fourth-order valence-corrected chi connectivity index (χ4v) is 2.96. The van der Waals surface area contributed by atoms with Crippen LogP contribution in [0.1, 0.15) is 36.0 Å². The monoisotopic (exact) mass is 310 g/mol. The number of hydrogen-bond donors (Lipinski definition) is 2. The topological polar surface area (TPSA) is 52.6 Å². The van der Waals surface area contributed by atoms with E-state index in [1.165, 1.54) is 6.42 Å². The lowest BCUT2D eigenvalue weighted by Gasteiger charge is -2.22. The van der Waals surface area contributed by atoms with Crippen molar-refractivity contribution in [3.05, 3.63) is 34.9 Å². The summed E-state index contributed by atoms with van der Waals surface area (Å²) in [4.78, 5) is 14.2. The Morgan fingerprint density at radius 2 is 2.29 bits per heavy atom. The molecule has 0 bridgehead atoms. The van der Waals surface area contributed by atoms with Gasteiger partial charge in [0, 0.05) is 23.2 Å². The highest BCUT2D eigenvalue weighted by Gasteiger charge is 2.22. The van der Waals surface area contributed by atoms with E-state index in [1.807, 2.05) is 0 Å². The van der Waals surface area contributed by atoms with Crippen molar-refractivity contribution in [3.8, 4) is 0 Å². The van der Waals surface area contributed by atoms with E-state index in [0.717, 1.165) is 32.4 Å². The summed E-state index contributed by atoms with van der Waals surface area (Å²) in [5.41, 5.74) is 0.599. The number of aliphatic hydroxyl groups excluding tert-OH is 1. The van der Waals surface area contributed by atoms with Crippen LogP contribution >= 0.6 is 11.6 Å². The molecule has 1 aliphatic rings. The number of likely N-dealkylation sites (tertiary alicyclic amines) is 1. The van der Waals surface area contributed by atoms with Gasteiger partial charge in [0.15, 0.2) is 0 Å². The molecule has 5 heteroatoms. The van der Waals surface area contributed by atoms with E-state index in [2.05, 4.69) is 10.2 Å². The molecule has 0 spiro atoms. The van der Waals surface area contributed by atoms with Gasteiger partial charge in [0.25, 0.3) is 5.91 Å². The van der Waals surface area contributed by atoms with Gasteiger partial charge in [-0.2, -0.15) is 0 Å². The van der Waals surface area contributed by atoms with Crippen molar-refractivity contribution in [1.82, 2.24) is 10.2 Å². The number of hydrogen-bond acceptors (Lipinski definition) is 3. The second kappa shape index (κ2) is 8.37. The van der Waals surface area contributed by atoms with Gasteiger partial charge in [-0.1, -0.05) is 17.7 Å². The van der Waals surface area contributed by atoms with Crippen LogP contribution in [0.4, 0.5) is 0 Å². The van der Waals surface area contributed by atoms with Gasteiger partial charge >= 0.3 is 0 Å². The Labute approximate surface area is 131 Å². The summed E-state index contributed by atoms with van der Waals surface area (Å²) in [7, 11) is 0. The largest absolute Gasteiger partial charge is 0.395 e. The molecule has 2 N–H and O–H groups in total. The Balaban J connectivity index is 1.62. The van der Waals surface area contributed by atoms with Crippen LogP contribution < -0.4 is 5.32 Å². The highest BCUT2D eigenvalue weighted by atomic mass is 35.5. The summed E-state index contributed by atoms with van der Waals surface area (Å²) in [6, 6.07) is 7.31. The molecule has 0 aliphatic carbocycles. The first-order valence-corrected chi connectivity index (χ1v) is 7.97. The number of aliphatic hydroxyl groups is 1. The number of carbonyl (C=O) groups excluding carboxylic acids is 1.